The van der Waals surface area contributed by atoms with E-state index in [0.29, 0.717) is 16.8 Å². The average Bonchev–Trinajstić information content (AvgIpc) is 2.11. The SMILES string of the molecule is CC(CN)Sc1c(N)cccc1Cl. The molecule has 1 aromatic rings. The Hall–Kier alpha value is -0.380. The quantitative estimate of drug-likeness (QED) is 0.603. The van der Waals surface area contributed by atoms with Crippen molar-refractivity contribution in [3.8, 4) is 0 Å². The van der Waals surface area contributed by atoms with Gasteiger partial charge in [-0.05, 0) is 12.1 Å². The van der Waals surface area contributed by atoms with Crippen LogP contribution in [0.5, 0.6) is 0 Å². The van der Waals surface area contributed by atoms with Gasteiger partial charge in [0.25, 0.3) is 0 Å². The van der Waals surface area contributed by atoms with Crippen LogP contribution in [0.25, 0.3) is 0 Å². The summed E-state index contributed by atoms with van der Waals surface area (Å²) in [6, 6.07) is 5.52. The molecule has 0 aliphatic carbocycles. The highest BCUT2D eigenvalue weighted by molar-refractivity contribution is 8.00. The molecule has 0 aliphatic rings. The fourth-order valence-corrected chi connectivity index (χ4v) is 2.10. The van der Waals surface area contributed by atoms with Crippen LogP contribution in [0.15, 0.2) is 23.1 Å². The molecular formula is C9H13ClN2S. The van der Waals surface area contributed by atoms with Crippen molar-refractivity contribution in [3.05, 3.63) is 23.2 Å². The Labute approximate surface area is 87.6 Å². The highest BCUT2D eigenvalue weighted by Gasteiger charge is 2.08. The molecular weight excluding hydrogens is 204 g/mol. The van der Waals surface area contributed by atoms with Gasteiger partial charge in [-0.1, -0.05) is 24.6 Å². The number of hydrogen-bond donors (Lipinski definition) is 2. The van der Waals surface area contributed by atoms with Crippen molar-refractivity contribution in [2.75, 3.05) is 12.3 Å². The molecule has 4 N–H and O–H groups in total. The highest BCUT2D eigenvalue weighted by Crippen LogP contribution is 2.34. The first-order valence-corrected chi connectivity index (χ1v) is 5.31. The maximum Gasteiger partial charge on any atom is 0.0562 e. The van der Waals surface area contributed by atoms with Gasteiger partial charge in [-0.2, -0.15) is 0 Å². The lowest BCUT2D eigenvalue weighted by Crippen LogP contribution is -2.12. The van der Waals surface area contributed by atoms with Crippen molar-refractivity contribution in [1.82, 2.24) is 0 Å². The molecule has 1 atom stereocenters. The average molecular weight is 217 g/mol. The van der Waals surface area contributed by atoms with E-state index >= 15 is 0 Å². The summed E-state index contributed by atoms with van der Waals surface area (Å²) >= 11 is 7.60. The molecule has 13 heavy (non-hydrogen) atoms. The number of hydrogen-bond acceptors (Lipinski definition) is 3. The smallest absolute Gasteiger partial charge is 0.0562 e. The molecule has 0 spiro atoms. The summed E-state index contributed by atoms with van der Waals surface area (Å²) in [6.45, 7) is 2.67. The molecule has 0 aliphatic heterocycles. The third-order valence-corrected chi connectivity index (χ3v) is 3.36. The first-order valence-electron chi connectivity index (χ1n) is 4.06. The van der Waals surface area contributed by atoms with Crippen LogP contribution in [-0.4, -0.2) is 11.8 Å². The number of anilines is 1. The third-order valence-electron chi connectivity index (χ3n) is 1.65. The Bertz CT molecular complexity index is 271. The highest BCUT2D eigenvalue weighted by atomic mass is 35.5. The van der Waals surface area contributed by atoms with E-state index in [0.717, 1.165) is 10.6 Å². The molecule has 1 aromatic carbocycles. The Morgan fingerprint density at radius 2 is 2.23 bits per heavy atom. The fourth-order valence-electron chi connectivity index (χ4n) is 0.899. The lowest BCUT2D eigenvalue weighted by molar-refractivity contribution is 0.951. The summed E-state index contributed by atoms with van der Waals surface area (Å²) in [7, 11) is 0. The van der Waals surface area contributed by atoms with Crippen LogP contribution in [0, 0.1) is 0 Å². The summed E-state index contributed by atoms with van der Waals surface area (Å²) < 4.78 is 0. The van der Waals surface area contributed by atoms with E-state index in [-0.39, 0.29) is 0 Å². The first-order chi connectivity index (χ1) is 6.15. The van der Waals surface area contributed by atoms with E-state index < -0.39 is 0 Å². The largest absolute Gasteiger partial charge is 0.398 e. The van der Waals surface area contributed by atoms with E-state index in [4.69, 9.17) is 23.1 Å². The second-order valence-corrected chi connectivity index (χ2v) is 4.68. The molecule has 4 heteroatoms. The molecule has 0 amide bonds. The predicted molar refractivity (Wildman–Crippen MR) is 60.2 cm³/mol. The van der Waals surface area contributed by atoms with Crippen molar-refractivity contribution >= 4 is 29.1 Å². The Balaban J connectivity index is 2.87. The van der Waals surface area contributed by atoms with Crippen LogP contribution >= 0.6 is 23.4 Å². The molecule has 0 heterocycles. The fraction of sp³-hybridized carbons (Fsp3) is 0.333. The van der Waals surface area contributed by atoms with Gasteiger partial charge in [-0.3, -0.25) is 0 Å². The van der Waals surface area contributed by atoms with Crippen molar-refractivity contribution < 1.29 is 0 Å². The summed E-state index contributed by atoms with van der Waals surface area (Å²) in [6.07, 6.45) is 0. The van der Waals surface area contributed by atoms with Gasteiger partial charge in [0.15, 0.2) is 0 Å². The number of nitrogen functional groups attached to an aromatic ring is 1. The van der Waals surface area contributed by atoms with Gasteiger partial charge in [0, 0.05) is 22.4 Å². The standard InChI is InChI=1S/C9H13ClN2S/c1-6(5-11)13-9-7(10)3-2-4-8(9)12/h2-4,6H,5,11-12H2,1H3. The monoisotopic (exact) mass is 216 g/mol. The second-order valence-electron chi connectivity index (χ2n) is 2.82. The summed E-state index contributed by atoms with van der Waals surface area (Å²) in [5.74, 6) is 0. The first kappa shape index (κ1) is 10.7. The number of rotatable bonds is 3. The maximum atomic E-state index is 5.99. The lowest BCUT2D eigenvalue weighted by Gasteiger charge is -2.11. The van der Waals surface area contributed by atoms with E-state index in [1.54, 1.807) is 11.8 Å². The van der Waals surface area contributed by atoms with Gasteiger partial charge in [0.2, 0.25) is 0 Å². The Morgan fingerprint density at radius 1 is 1.54 bits per heavy atom. The second kappa shape index (κ2) is 4.74. The van der Waals surface area contributed by atoms with Crippen LogP contribution < -0.4 is 11.5 Å². The van der Waals surface area contributed by atoms with Crippen molar-refractivity contribution in [3.63, 3.8) is 0 Å². The van der Waals surface area contributed by atoms with Gasteiger partial charge in [-0.15, -0.1) is 11.8 Å². The normalized spacial score (nSPS) is 12.8. The Kier molecular flexibility index (Phi) is 3.90. The molecule has 0 saturated carbocycles. The zero-order chi connectivity index (χ0) is 9.84. The van der Waals surface area contributed by atoms with Crippen molar-refractivity contribution in [2.24, 2.45) is 5.73 Å². The minimum Gasteiger partial charge on any atom is -0.398 e. The molecule has 2 nitrogen and oxygen atoms in total. The predicted octanol–water partition coefficient (Wildman–Crippen LogP) is 2.36. The summed E-state index contributed by atoms with van der Waals surface area (Å²) in [5, 5.41) is 1.03. The van der Waals surface area contributed by atoms with E-state index in [1.807, 2.05) is 25.1 Å². The summed E-state index contributed by atoms with van der Waals surface area (Å²) in [5.41, 5.74) is 12.0. The minimum absolute atomic E-state index is 0.335. The maximum absolute atomic E-state index is 5.99. The summed E-state index contributed by atoms with van der Waals surface area (Å²) in [4.78, 5) is 0.933. The van der Waals surface area contributed by atoms with Gasteiger partial charge in [0.1, 0.15) is 0 Å². The zero-order valence-electron chi connectivity index (χ0n) is 7.46. The van der Waals surface area contributed by atoms with E-state index in [2.05, 4.69) is 0 Å². The molecule has 72 valence electrons. The molecule has 0 bridgehead atoms. The topological polar surface area (TPSA) is 52.0 Å². The van der Waals surface area contributed by atoms with Crippen molar-refractivity contribution in [2.45, 2.75) is 17.1 Å². The van der Waals surface area contributed by atoms with Crippen molar-refractivity contribution in [1.29, 1.82) is 0 Å². The van der Waals surface area contributed by atoms with Crippen LogP contribution in [-0.2, 0) is 0 Å². The molecule has 0 aromatic heterocycles. The van der Waals surface area contributed by atoms with Gasteiger partial charge >= 0.3 is 0 Å². The van der Waals surface area contributed by atoms with Gasteiger partial charge in [-0.25, -0.2) is 0 Å². The number of benzene rings is 1. The molecule has 1 rings (SSSR count). The zero-order valence-corrected chi connectivity index (χ0v) is 9.03. The molecule has 0 fully saturated rings. The van der Waals surface area contributed by atoms with Gasteiger partial charge in [0.05, 0.1) is 5.02 Å². The van der Waals surface area contributed by atoms with Crippen LogP contribution in [0.3, 0.4) is 0 Å². The number of thioether (sulfide) groups is 1. The Morgan fingerprint density at radius 3 is 2.77 bits per heavy atom. The molecule has 1 unspecified atom stereocenters. The van der Waals surface area contributed by atoms with Crippen LogP contribution in [0.2, 0.25) is 5.02 Å². The van der Waals surface area contributed by atoms with Crippen LogP contribution in [0.4, 0.5) is 5.69 Å². The molecule has 0 saturated heterocycles. The minimum atomic E-state index is 0.335. The van der Waals surface area contributed by atoms with Gasteiger partial charge < -0.3 is 11.5 Å². The van der Waals surface area contributed by atoms with E-state index in [9.17, 15) is 0 Å². The van der Waals surface area contributed by atoms with E-state index in [1.165, 1.54) is 0 Å². The number of nitrogens with two attached hydrogens (primary N) is 2. The lowest BCUT2D eigenvalue weighted by atomic mass is 10.3. The van der Waals surface area contributed by atoms with Crippen LogP contribution in [0.1, 0.15) is 6.92 Å². The third kappa shape index (κ3) is 2.79. The molecule has 0 radical (unpaired) electrons. The number of halogens is 1.